The Morgan fingerprint density at radius 1 is 1.62 bits per heavy atom. The van der Waals surface area contributed by atoms with Crippen LogP contribution >= 0.6 is 0 Å². The van der Waals surface area contributed by atoms with Gasteiger partial charge in [-0.3, -0.25) is 9.89 Å². The Morgan fingerprint density at radius 2 is 2.38 bits per heavy atom. The summed E-state index contributed by atoms with van der Waals surface area (Å²) in [6, 6.07) is 0. The molecule has 0 spiro atoms. The number of nitrogens with zero attached hydrogens (tertiary/aromatic N) is 2. The zero-order valence-electron chi connectivity index (χ0n) is 9.79. The van der Waals surface area contributed by atoms with Crippen molar-refractivity contribution >= 4 is 5.91 Å². The number of carbonyl (C=O) groups is 1. The highest BCUT2D eigenvalue weighted by Crippen LogP contribution is 2.11. The molecule has 0 aliphatic heterocycles. The van der Waals surface area contributed by atoms with Gasteiger partial charge in [0.1, 0.15) is 12.2 Å². The van der Waals surface area contributed by atoms with Crippen LogP contribution < -0.4 is 11.1 Å². The second kappa shape index (κ2) is 5.60. The highest BCUT2D eigenvalue weighted by Gasteiger charge is 2.24. The maximum Gasteiger partial charge on any atom is 0.226 e. The maximum atomic E-state index is 11.6. The molecule has 1 amide bonds. The lowest BCUT2D eigenvalue weighted by Crippen LogP contribution is -2.42. The molecule has 0 bridgehead atoms. The Balaban J connectivity index is 2.18. The van der Waals surface area contributed by atoms with Crippen LogP contribution in [-0.4, -0.2) is 34.2 Å². The van der Waals surface area contributed by atoms with E-state index in [0.717, 1.165) is 18.7 Å². The molecule has 1 aromatic rings. The van der Waals surface area contributed by atoms with Gasteiger partial charge in [0.05, 0.1) is 5.41 Å². The Kier molecular flexibility index (Phi) is 4.42. The predicted molar refractivity (Wildman–Crippen MR) is 60.5 cm³/mol. The molecule has 90 valence electrons. The molecule has 0 unspecified atom stereocenters. The lowest BCUT2D eigenvalue weighted by Gasteiger charge is -2.21. The summed E-state index contributed by atoms with van der Waals surface area (Å²) in [6.45, 7) is 4.64. The van der Waals surface area contributed by atoms with Gasteiger partial charge in [0, 0.05) is 19.5 Å². The number of carbonyl (C=O) groups excluding carboxylic acids is 1. The third kappa shape index (κ3) is 3.62. The van der Waals surface area contributed by atoms with Gasteiger partial charge in [-0.1, -0.05) is 0 Å². The van der Waals surface area contributed by atoms with Crippen molar-refractivity contribution in [2.24, 2.45) is 11.1 Å². The summed E-state index contributed by atoms with van der Waals surface area (Å²) in [5.41, 5.74) is 5.01. The molecule has 0 saturated carbocycles. The first-order chi connectivity index (χ1) is 7.56. The van der Waals surface area contributed by atoms with Crippen LogP contribution in [0.1, 0.15) is 26.1 Å². The maximum absolute atomic E-state index is 11.6. The van der Waals surface area contributed by atoms with Gasteiger partial charge in [-0.25, -0.2) is 4.98 Å². The van der Waals surface area contributed by atoms with Crippen molar-refractivity contribution in [3.05, 3.63) is 12.2 Å². The molecule has 0 aliphatic rings. The van der Waals surface area contributed by atoms with E-state index in [4.69, 9.17) is 5.73 Å². The summed E-state index contributed by atoms with van der Waals surface area (Å²) < 4.78 is 0. The van der Waals surface area contributed by atoms with Gasteiger partial charge in [-0.2, -0.15) is 5.10 Å². The predicted octanol–water partition coefficient (Wildman–Crippen LogP) is -0.162. The molecule has 0 fully saturated rings. The SMILES string of the molecule is CC(C)(CN)C(=O)NCCCc1ncn[nH]1. The molecule has 1 aromatic heterocycles. The summed E-state index contributed by atoms with van der Waals surface area (Å²) in [7, 11) is 0. The molecular weight excluding hydrogens is 206 g/mol. The Morgan fingerprint density at radius 3 is 2.94 bits per heavy atom. The van der Waals surface area contributed by atoms with Crippen molar-refractivity contribution in [1.29, 1.82) is 0 Å². The topological polar surface area (TPSA) is 96.7 Å². The summed E-state index contributed by atoms with van der Waals surface area (Å²) in [5, 5.41) is 9.38. The van der Waals surface area contributed by atoms with Gasteiger partial charge in [-0.15, -0.1) is 0 Å². The first-order valence-electron chi connectivity index (χ1n) is 5.39. The number of hydrogen-bond donors (Lipinski definition) is 3. The molecule has 16 heavy (non-hydrogen) atoms. The average molecular weight is 225 g/mol. The molecule has 0 radical (unpaired) electrons. The van der Waals surface area contributed by atoms with Gasteiger partial charge in [0.15, 0.2) is 0 Å². The summed E-state index contributed by atoms with van der Waals surface area (Å²) in [4.78, 5) is 15.6. The van der Waals surface area contributed by atoms with E-state index in [-0.39, 0.29) is 5.91 Å². The molecule has 0 aromatic carbocycles. The average Bonchev–Trinajstić information content (AvgIpc) is 2.76. The van der Waals surface area contributed by atoms with Crippen LogP contribution in [0.25, 0.3) is 0 Å². The number of nitrogens with two attached hydrogens (primary N) is 1. The number of hydrogen-bond acceptors (Lipinski definition) is 4. The van der Waals surface area contributed by atoms with Crippen LogP contribution in [0, 0.1) is 5.41 Å². The van der Waals surface area contributed by atoms with E-state index >= 15 is 0 Å². The van der Waals surface area contributed by atoms with E-state index in [1.165, 1.54) is 6.33 Å². The van der Waals surface area contributed by atoms with Crippen LogP contribution in [0.5, 0.6) is 0 Å². The lowest BCUT2D eigenvalue weighted by molar-refractivity contribution is -0.128. The monoisotopic (exact) mass is 225 g/mol. The van der Waals surface area contributed by atoms with Crippen LogP contribution in [0.15, 0.2) is 6.33 Å². The normalized spacial score (nSPS) is 11.4. The molecule has 0 aliphatic carbocycles. The molecule has 6 heteroatoms. The molecule has 0 saturated heterocycles. The van der Waals surface area contributed by atoms with Gasteiger partial charge >= 0.3 is 0 Å². The van der Waals surface area contributed by atoms with Crippen molar-refractivity contribution in [2.45, 2.75) is 26.7 Å². The van der Waals surface area contributed by atoms with E-state index < -0.39 is 5.41 Å². The minimum atomic E-state index is -0.494. The van der Waals surface area contributed by atoms with Crippen molar-refractivity contribution in [1.82, 2.24) is 20.5 Å². The minimum absolute atomic E-state index is 0.00688. The van der Waals surface area contributed by atoms with Crippen molar-refractivity contribution in [3.63, 3.8) is 0 Å². The van der Waals surface area contributed by atoms with Gasteiger partial charge < -0.3 is 11.1 Å². The fourth-order valence-corrected chi connectivity index (χ4v) is 1.14. The summed E-state index contributed by atoms with van der Waals surface area (Å²) in [6.07, 6.45) is 3.09. The Labute approximate surface area is 95.0 Å². The van der Waals surface area contributed by atoms with Crippen molar-refractivity contribution in [3.8, 4) is 0 Å². The first kappa shape index (κ1) is 12.6. The summed E-state index contributed by atoms with van der Waals surface area (Å²) >= 11 is 0. The van der Waals surface area contributed by atoms with Gasteiger partial charge in [0.2, 0.25) is 5.91 Å². The number of aryl methyl sites for hydroxylation is 1. The summed E-state index contributed by atoms with van der Waals surface area (Å²) in [5.74, 6) is 0.833. The number of H-pyrrole nitrogens is 1. The number of nitrogens with one attached hydrogen (secondary N) is 2. The van der Waals surface area contributed by atoms with Gasteiger partial charge in [-0.05, 0) is 20.3 Å². The van der Waals surface area contributed by atoms with E-state index in [0.29, 0.717) is 13.1 Å². The van der Waals surface area contributed by atoms with E-state index in [1.54, 1.807) is 0 Å². The fraction of sp³-hybridized carbons (Fsp3) is 0.700. The van der Waals surface area contributed by atoms with E-state index in [2.05, 4.69) is 20.5 Å². The van der Waals surface area contributed by atoms with Crippen molar-refractivity contribution in [2.75, 3.05) is 13.1 Å². The number of amides is 1. The lowest BCUT2D eigenvalue weighted by atomic mass is 9.93. The van der Waals surface area contributed by atoms with Crippen LogP contribution in [0.4, 0.5) is 0 Å². The standard InChI is InChI=1S/C10H19N5O/c1-10(2,6-11)9(16)12-5-3-4-8-13-7-14-15-8/h7H,3-6,11H2,1-2H3,(H,12,16)(H,13,14,15). The molecule has 0 atom stereocenters. The van der Waals surface area contributed by atoms with E-state index in [9.17, 15) is 4.79 Å². The Hall–Kier alpha value is -1.43. The van der Waals surface area contributed by atoms with Gasteiger partial charge in [0.25, 0.3) is 0 Å². The highest BCUT2D eigenvalue weighted by atomic mass is 16.2. The number of aromatic amines is 1. The molecule has 4 N–H and O–H groups in total. The van der Waals surface area contributed by atoms with Crippen molar-refractivity contribution < 1.29 is 4.79 Å². The molecule has 6 nitrogen and oxygen atoms in total. The fourth-order valence-electron chi connectivity index (χ4n) is 1.14. The number of rotatable bonds is 6. The molecule has 1 rings (SSSR count). The van der Waals surface area contributed by atoms with Crippen LogP contribution in [-0.2, 0) is 11.2 Å². The second-order valence-electron chi connectivity index (χ2n) is 4.38. The third-order valence-corrected chi connectivity index (χ3v) is 2.47. The van der Waals surface area contributed by atoms with Crippen LogP contribution in [0.2, 0.25) is 0 Å². The zero-order valence-corrected chi connectivity index (χ0v) is 9.79. The highest BCUT2D eigenvalue weighted by molar-refractivity contribution is 5.81. The van der Waals surface area contributed by atoms with Crippen LogP contribution in [0.3, 0.4) is 0 Å². The minimum Gasteiger partial charge on any atom is -0.356 e. The Bertz CT molecular complexity index is 320. The quantitative estimate of drug-likeness (QED) is 0.586. The second-order valence-corrected chi connectivity index (χ2v) is 4.38. The third-order valence-electron chi connectivity index (χ3n) is 2.47. The first-order valence-corrected chi connectivity index (χ1v) is 5.39. The smallest absolute Gasteiger partial charge is 0.226 e. The molecular formula is C10H19N5O. The largest absolute Gasteiger partial charge is 0.356 e. The zero-order chi connectivity index (χ0) is 12.0. The van der Waals surface area contributed by atoms with E-state index in [1.807, 2.05) is 13.8 Å². The molecule has 1 heterocycles. The number of aromatic nitrogens is 3.